The molecule has 0 fully saturated rings. The van der Waals surface area contributed by atoms with E-state index in [1.165, 1.54) is 6.07 Å². The van der Waals surface area contributed by atoms with Crippen LogP contribution < -0.4 is 0 Å². The van der Waals surface area contributed by atoms with Crippen LogP contribution in [-0.2, 0) is 4.79 Å². The monoisotopic (exact) mass is 338 g/mol. The molecule has 1 aromatic rings. The Morgan fingerprint density at radius 1 is 1.47 bits per heavy atom. The molecule has 0 heterocycles. The Balaban J connectivity index is 3.03. The molecule has 92 valence electrons. The van der Waals surface area contributed by atoms with Crippen LogP contribution in [0.3, 0.4) is 0 Å². The highest BCUT2D eigenvalue weighted by molar-refractivity contribution is 9.10. The molecule has 0 amide bonds. The second-order valence-electron chi connectivity index (χ2n) is 3.26. The second-order valence-corrected chi connectivity index (χ2v) is 5.56. The fourth-order valence-electron chi connectivity index (χ4n) is 1.14. The van der Waals surface area contributed by atoms with Gasteiger partial charge >= 0.3 is 0 Å². The van der Waals surface area contributed by atoms with Crippen LogP contribution in [0.1, 0.15) is 30.1 Å². The van der Waals surface area contributed by atoms with Crippen molar-refractivity contribution in [2.24, 2.45) is 0 Å². The maximum atomic E-state index is 13.3. The van der Waals surface area contributed by atoms with Crippen molar-refractivity contribution in [3.8, 4) is 0 Å². The highest BCUT2D eigenvalue weighted by Gasteiger charge is 2.15. The number of benzene rings is 1. The molecule has 6 heteroatoms. The molecule has 0 bridgehead atoms. The lowest BCUT2D eigenvalue weighted by molar-refractivity contribution is -0.111. The van der Waals surface area contributed by atoms with Crippen LogP contribution >= 0.6 is 39.3 Å². The van der Waals surface area contributed by atoms with Crippen molar-refractivity contribution in [3.63, 3.8) is 0 Å². The summed E-state index contributed by atoms with van der Waals surface area (Å²) in [7, 11) is 0. The summed E-state index contributed by atoms with van der Waals surface area (Å²) in [6.45, 7) is 1.89. The Morgan fingerprint density at radius 3 is 2.65 bits per heavy atom. The minimum atomic E-state index is -0.875. The highest BCUT2D eigenvalue weighted by Crippen LogP contribution is 2.32. The first-order valence-electron chi connectivity index (χ1n) is 4.85. The average molecular weight is 340 g/mol. The Labute approximate surface area is 116 Å². The van der Waals surface area contributed by atoms with E-state index in [9.17, 15) is 14.0 Å². The Kier molecular flexibility index (Phi) is 5.62. The summed E-state index contributed by atoms with van der Waals surface area (Å²) in [4.78, 5) is 22.9. The molecule has 17 heavy (non-hydrogen) atoms. The Morgan fingerprint density at radius 2 is 2.12 bits per heavy atom. The molecule has 0 aliphatic carbocycles. The van der Waals surface area contributed by atoms with Crippen LogP contribution in [0.25, 0.3) is 0 Å². The number of rotatable bonds is 4. The van der Waals surface area contributed by atoms with E-state index in [1.54, 1.807) is 0 Å². The summed E-state index contributed by atoms with van der Waals surface area (Å²) in [6, 6.07) is 2.42. The summed E-state index contributed by atoms with van der Waals surface area (Å²) in [5.74, 6) is -0.704. The fraction of sp³-hybridized carbons (Fsp3) is 0.273. The Hall–Kier alpha value is -0.390. The molecule has 0 aliphatic rings. The fourth-order valence-corrected chi connectivity index (χ4v) is 2.72. The van der Waals surface area contributed by atoms with Gasteiger partial charge in [0.25, 0.3) is 5.24 Å². The summed E-state index contributed by atoms with van der Waals surface area (Å²) < 4.78 is 13.8. The number of carbonyl (C=O) groups is 2. The standard InChI is InChI=1S/C11H9BrClFO2S/c1-2-3-10(15)17-9-4-6(11(13)16)8(14)5-7(9)12/h4-5H,2-3H2,1H3. The van der Waals surface area contributed by atoms with Crippen LogP contribution in [0.4, 0.5) is 4.39 Å². The topological polar surface area (TPSA) is 34.1 Å². The lowest BCUT2D eigenvalue weighted by atomic mass is 10.2. The van der Waals surface area contributed by atoms with Gasteiger partial charge in [-0.15, -0.1) is 0 Å². The van der Waals surface area contributed by atoms with E-state index < -0.39 is 11.1 Å². The molecule has 1 aromatic carbocycles. The molecule has 0 radical (unpaired) electrons. The zero-order chi connectivity index (χ0) is 13.0. The van der Waals surface area contributed by atoms with Crippen molar-refractivity contribution in [1.29, 1.82) is 0 Å². The molecule has 0 atom stereocenters. The SMILES string of the molecule is CCCC(=O)Sc1cc(C(=O)Cl)c(F)cc1Br. The normalized spacial score (nSPS) is 10.4. The van der Waals surface area contributed by atoms with Crippen molar-refractivity contribution in [2.75, 3.05) is 0 Å². The summed E-state index contributed by atoms with van der Waals surface area (Å²) in [6.07, 6.45) is 1.17. The van der Waals surface area contributed by atoms with Crippen molar-refractivity contribution in [2.45, 2.75) is 24.7 Å². The molecule has 2 nitrogen and oxygen atoms in total. The van der Waals surface area contributed by atoms with Gasteiger partial charge in [0, 0.05) is 15.8 Å². The van der Waals surface area contributed by atoms with Gasteiger partial charge in [-0.05, 0) is 46.1 Å². The maximum absolute atomic E-state index is 13.3. The number of halogens is 3. The van der Waals surface area contributed by atoms with Crippen LogP contribution in [0.2, 0.25) is 0 Å². The zero-order valence-electron chi connectivity index (χ0n) is 8.93. The van der Waals surface area contributed by atoms with E-state index in [0.29, 0.717) is 15.8 Å². The molecule has 0 aromatic heterocycles. The molecule has 0 saturated heterocycles. The second kappa shape index (κ2) is 6.52. The van der Waals surface area contributed by atoms with Gasteiger partial charge in [-0.1, -0.05) is 18.7 Å². The number of hydrogen-bond donors (Lipinski definition) is 0. The third-order valence-corrected chi connectivity index (χ3v) is 4.02. The molecule has 1 rings (SSSR count). The van der Waals surface area contributed by atoms with E-state index in [1.807, 2.05) is 6.92 Å². The van der Waals surface area contributed by atoms with Crippen LogP contribution in [0.15, 0.2) is 21.5 Å². The lowest BCUT2D eigenvalue weighted by Crippen LogP contribution is -1.97. The van der Waals surface area contributed by atoms with E-state index >= 15 is 0 Å². The van der Waals surface area contributed by atoms with Gasteiger partial charge in [-0.2, -0.15) is 0 Å². The van der Waals surface area contributed by atoms with E-state index in [2.05, 4.69) is 15.9 Å². The van der Waals surface area contributed by atoms with Crippen molar-refractivity contribution >= 4 is 49.7 Å². The molecule has 0 N–H and O–H groups in total. The van der Waals surface area contributed by atoms with E-state index in [4.69, 9.17) is 11.6 Å². The summed E-state index contributed by atoms with van der Waals surface area (Å²) in [5, 5.41) is -0.910. The minimum Gasteiger partial charge on any atom is -0.287 e. The number of thioether (sulfide) groups is 1. The number of carbonyl (C=O) groups excluding carboxylic acids is 2. The van der Waals surface area contributed by atoms with Crippen LogP contribution in [0, 0.1) is 5.82 Å². The van der Waals surface area contributed by atoms with E-state index in [-0.39, 0.29) is 10.7 Å². The van der Waals surface area contributed by atoms with E-state index in [0.717, 1.165) is 24.2 Å². The first-order valence-corrected chi connectivity index (χ1v) is 6.84. The quantitative estimate of drug-likeness (QED) is 0.603. The van der Waals surface area contributed by atoms with Gasteiger partial charge in [0.05, 0.1) is 5.56 Å². The van der Waals surface area contributed by atoms with Gasteiger partial charge in [-0.3, -0.25) is 9.59 Å². The minimum absolute atomic E-state index is 0.0345. The largest absolute Gasteiger partial charge is 0.287 e. The third kappa shape index (κ3) is 4.08. The van der Waals surface area contributed by atoms with Gasteiger partial charge in [0.15, 0.2) is 5.12 Å². The van der Waals surface area contributed by atoms with Crippen molar-refractivity contribution in [1.82, 2.24) is 0 Å². The van der Waals surface area contributed by atoms with Crippen LogP contribution in [0.5, 0.6) is 0 Å². The van der Waals surface area contributed by atoms with Crippen molar-refractivity contribution in [3.05, 3.63) is 28.0 Å². The van der Waals surface area contributed by atoms with Gasteiger partial charge in [0.1, 0.15) is 5.82 Å². The zero-order valence-corrected chi connectivity index (χ0v) is 12.1. The van der Waals surface area contributed by atoms with Crippen molar-refractivity contribution < 1.29 is 14.0 Å². The summed E-state index contributed by atoms with van der Waals surface area (Å²) in [5.41, 5.74) is -0.221. The molecular weight excluding hydrogens is 331 g/mol. The average Bonchev–Trinajstić information content (AvgIpc) is 2.21. The first-order chi connectivity index (χ1) is 7.95. The van der Waals surface area contributed by atoms with Gasteiger partial charge in [0.2, 0.25) is 0 Å². The number of hydrogen-bond acceptors (Lipinski definition) is 3. The summed E-state index contributed by atoms with van der Waals surface area (Å²) >= 11 is 9.36. The molecule has 0 spiro atoms. The lowest BCUT2D eigenvalue weighted by Gasteiger charge is -2.05. The molecule has 0 unspecified atom stereocenters. The Bertz CT molecular complexity index is 465. The molecule has 0 aliphatic heterocycles. The smallest absolute Gasteiger partial charge is 0.255 e. The molecular formula is C11H9BrClFO2S. The van der Waals surface area contributed by atoms with Gasteiger partial charge < -0.3 is 0 Å². The predicted molar refractivity (Wildman–Crippen MR) is 70.1 cm³/mol. The highest BCUT2D eigenvalue weighted by atomic mass is 79.9. The predicted octanol–water partition coefficient (Wildman–Crippen LogP) is 4.39. The van der Waals surface area contributed by atoms with Gasteiger partial charge in [-0.25, -0.2) is 4.39 Å². The van der Waals surface area contributed by atoms with Crippen LogP contribution in [-0.4, -0.2) is 10.4 Å². The molecule has 0 saturated carbocycles. The maximum Gasteiger partial charge on any atom is 0.255 e. The third-order valence-electron chi connectivity index (χ3n) is 1.91. The first kappa shape index (κ1) is 14.7.